The summed E-state index contributed by atoms with van der Waals surface area (Å²) in [7, 11) is 0. The van der Waals surface area contributed by atoms with E-state index in [9.17, 15) is 0 Å². The molecule has 72 valence electrons. The van der Waals surface area contributed by atoms with Gasteiger partial charge in [-0.2, -0.15) is 0 Å². The van der Waals surface area contributed by atoms with Gasteiger partial charge in [-0.05, 0) is 18.2 Å². The van der Waals surface area contributed by atoms with E-state index >= 15 is 0 Å². The molecule has 4 heteroatoms. The Morgan fingerprint density at radius 1 is 1.36 bits per heavy atom. The first-order valence-electron chi connectivity index (χ1n) is 4.16. The Hall–Kier alpha value is -1.32. The van der Waals surface area contributed by atoms with Gasteiger partial charge in [-0.15, -0.1) is 0 Å². The van der Waals surface area contributed by atoms with E-state index in [1.807, 2.05) is 6.07 Å². The Morgan fingerprint density at radius 2 is 2.21 bits per heavy atom. The van der Waals surface area contributed by atoms with Crippen LogP contribution in [0.5, 0.6) is 0 Å². The molecule has 0 radical (unpaired) electrons. The molecule has 3 nitrogen and oxygen atoms in total. The number of hydrogen-bond acceptors (Lipinski definition) is 3. The zero-order valence-electron chi connectivity index (χ0n) is 7.35. The molecule has 0 saturated carbocycles. The second-order valence-corrected chi connectivity index (χ2v) is 3.37. The quantitative estimate of drug-likeness (QED) is 0.825. The molecule has 2 heterocycles. The van der Waals surface area contributed by atoms with Crippen LogP contribution in [-0.4, -0.2) is 4.98 Å². The van der Waals surface area contributed by atoms with Gasteiger partial charge >= 0.3 is 0 Å². The van der Waals surface area contributed by atoms with Crippen molar-refractivity contribution in [2.45, 2.75) is 6.04 Å². The molecule has 0 aliphatic rings. The van der Waals surface area contributed by atoms with Crippen LogP contribution in [0.4, 0.5) is 0 Å². The van der Waals surface area contributed by atoms with Crippen molar-refractivity contribution in [1.82, 2.24) is 4.98 Å². The summed E-state index contributed by atoms with van der Waals surface area (Å²) in [6.07, 6.45) is 4.78. The molecule has 2 aromatic heterocycles. The number of pyridine rings is 1. The van der Waals surface area contributed by atoms with Gasteiger partial charge in [-0.3, -0.25) is 4.98 Å². The lowest BCUT2D eigenvalue weighted by atomic mass is 10.1. The number of nitrogens with zero attached hydrogens (tertiary/aromatic N) is 1. The lowest BCUT2D eigenvalue weighted by Gasteiger charge is -2.07. The number of aromatic nitrogens is 1. The molecule has 2 N–H and O–H groups in total. The van der Waals surface area contributed by atoms with E-state index in [4.69, 9.17) is 21.8 Å². The smallest absolute Gasteiger partial charge is 0.0954 e. The molecule has 2 rings (SSSR count). The van der Waals surface area contributed by atoms with Crippen molar-refractivity contribution in [3.8, 4) is 0 Å². The lowest BCUT2D eigenvalue weighted by Crippen LogP contribution is -2.12. The number of hydrogen-bond donors (Lipinski definition) is 1. The van der Waals surface area contributed by atoms with Crippen LogP contribution >= 0.6 is 11.6 Å². The molecule has 0 saturated heterocycles. The van der Waals surface area contributed by atoms with Crippen LogP contribution in [-0.2, 0) is 0 Å². The van der Waals surface area contributed by atoms with E-state index in [0.717, 1.165) is 11.3 Å². The van der Waals surface area contributed by atoms with Crippen molar-refractivity contribution >= 4 is 11.6 Å². The standard InChI is InChI=1S/C10H9ClN2O/c11-8-1-2-9(13-5-8)10(12)7-3-4-14-6-7/h1-6,10H,12H2. The summed E-state index contributed by atoms with van der Waals surface area (Å²) in [5.74, 6) is 0. The summed E-state index contributed by atoms with van der Waals surface area (Å²) in [6.45, 7) is 0. The third-order valence-electron chi connectivity index (χ3n) is 1.97. The summed E-state index contributed by atoms with van der Waals surface area (Å²) in [4.78, 5) is 4.14. The molecular formula is C10H9ClN2O. The van der Waals surface area contributed by atoms with E-state index in [1.54, 1.807) is 30.9 Å². The summed E-state index contributed by atoms with van der Waals surface area (Å²) in [5.41, 5.74) is 7.62. The van der Waals surface area contributed by atoms with Crippen molar-refractivity contribution < 1.29 is 4.42 Å². The molecule has 0 bridgehead atoms. The molecule has 0 spiro atoms. The average Bonchev–Trinajstić information content (AvgIpc) is 2.71. The Balaban J connectivity index is 2.28. The van der Waals surface area contributed by atoms with E-state index in [-0.39, 0.29) is 6.04 Å². The van der Waals surface area contributed by atoms with E-state index in [2.05, 4.69) is 4.98 Å². The molecular weight excluding hydrogens is 200 g/mol. The summed E-state index contributed by atoms with van der Waals surface area (Å²) < 4.78 is 4.95. The number of rotatable bonds is 2. The molecule has 1 unspecified atom stereocenters. The molecule has 0 aromatic carbocycles. The van der Waals surface area contributed by atoms with Crippen molar-refractivity contribution in [2.24, 2.45) is 5.73 Å². The lowest BCUT2D eigenvalue weighted by molar-refractivity contribution is 0.561. The minimum absolute atomic E-state index is 0.258. The predicted molar refractivity (Wildman–Crippen MR) is 54.0 cm³/mol. The van der Waals surface area contributed by atoms with Gasteiger partial charge in [0.25, 0.3) is 0 Å². The first kappa shape index (κ1) is 9.24. The minimum atomic E-state index is -0.258. The maximum absolute atomic E-state index is 5.95. The van der Waals surface area contributed by atoms with Gasteiger partial charge in [0.05, 0.1) is 29.3 Å². The van der Waals surface area contributed by atoms with Gasteiger partial charge in [0.15, 0.2) is 0 Å². The van der Waals surface area contributed by atoms with Crippen LogP contribution < -0.4 is 5.73 Å². The van der Waals surface area contributed by atoms with Gasteiger partial charge in [0.2, 0.25) is 0 Å². The number of nitrogens with two attached hydrogens (primary N) is 1. The van der Waals surface area contributed by atoms with Gasteiger partial charge in [-0.25, -0.2) is 0 Å². The van der Waals surface area contributed by atoms with Crippen molar-refractivity contribution in [1.29, 1.82) is 0 Å². The zero-order valence-corrected chi connectivity index (χ0v) is 8.11. The van der Waals surface area contributed by atoms with Crippen LogP contribution in [0.3, 0.4) is 0 Å². The third kappa shape index (κ3) is 1.78. The number of halogens is 1. The molecule has 0 fully saturated rings. The van der Waals surface area contributed by atoms with Crippen LogP contribution in [0.15, 0.2) is 41.3 Å². The van der Waals surface area contributed by atoms with Crippen LogP contribution in [0.1, 0.15) is 17.3 Å². The zero-order chi connectivity index (χ0) is 9.97. The van der Waals surface area contributed by atoms with Crippen molar-refractivity contribution in [3.63, 3.8) is 0 Å². The highest BCUT2D eigenvalue weighted by Crippen LogP contribution is 2.18. The second-order valence-electron chi connectivity index (χ2n) is 2.94. The van der Waals surface area contributed by atoms with E-state index in [0.29, 0.717) is 5.02 Å². The molecule has 14 heavy (non-hydrogen) atoms. The highest BCUT2D eigenvalue weighted by atomic mass is 35.5. The van der Waals surface area contributed by atoms with Gasteiger partial charge < -0.3 is 10.2 Å². The first-order valence-corrected chi connectivity index (χ1v) is 4.54. The Kier molecular flexibility index (Phi) is 2.52. The monoisotopic (exact) mass is 208 g/mol. The molecule has 1 atom stereocenters. The maximum Gasteiger partial charge on any atom is 0.0954 e. The maximum atomic E-state index is 5.95. The molecule has 0 aliphatic carbocycles. The summed E-state index contributed by atoms with van der Waals surface area (Å²) in [5, 5.41) is 0.605. The molecule has 0 amide bonds. The topological polar surface area (TPSA) is 52.0 Å². The Labute approximate surface area is 86.5 Å². The first-order chi connectivity index (χ1) is 6.77. The van der Waals surface area contributed by atoms with Gasteiger partial charge in [0.1, 0.15) is 0 Å². The largest absolute Gasteiger partial charge is 0.472 e. The summed E-state index contributed by atoms with van der Waals surface area (Å²) in [6, 6.07) is 5.14. The SMILES string of the molecule is NC(c1ccoc1)c1ccc(Cl)cn1. The van der Waals surface area contributed by atoms with E-state index in [1.165, 1.54) is 0 Å². The highest BCUT2D eigenvalue weighted by Gasteiger charge is 2.10. The average molecular weight is 209 g/mol. The van der Waals surface area contributed by atoms with Crippen LogP contribution in [0, 0.1) is 0 Å². The highest BCUT2D eigenvalue weighted by molar-refractivity contribution is 6.30. The third-order valence-corrected chi connectivity index (χ3v) is 2.19. The van der Waals surface area contributed by atoms with Gasteiger partial charge in [-0.1, -0.05) is 11.6 Å². The van der Waals surface area contributed by atoms with Crippen LogP contribution in [0.2, 0.25) is 5.02 Å². The van der Waals surface area contributed by atoms with Crippen molar-refractivity contribution in [3.05, 3.63) is 53.2 Å². The Morgan fingerprint density at radius 3 is 2.79 bits per heavy atom. The van der Waals surface area contributed by atoms with E-state index < -0.39 is 0 Å². The van der Waals surface area contributed by atoms with Crippen LogP contribution in [0.25, 0.3) is 0 Å². The molecule has 2 aromatic rings. The fraction of sp³-hybridized carbons (Fsp3) is 0.100. The normalized spacial score (nSPS) is 12.7. The predicted octanol–water partition coefficient (Wildman–Crippen LogP) is 2.38. The number of furan rings is 1. The minimum Gasteiger partial charge on any atom is -0.472 e. The van der Waals surface area contributed by atoms with Gasteiger partial charge in [0, 0.05) is 11.8 Å². The fourth-order valence-corrected chi connectivity index (χ4v) is 1.31. The fourth-order valence-electron chi connectivity index (χ4n) is 1.19. The van der Waals surface area contributed by atoms with Crippen molar-refractivity contribution in [2.75, 3.05) is 0 Å². The molecule has 0 aliphatic heterocycles. The Bertz CT molecular complexity index is 397. The second kappa shape index (κ2) is 3.82. The summed E-state index contributed by atoms with van der Waals surface area (Å²) >= 11 is 5.72.